The summed E-state index contributed by atoms with van der Waals surface area (Å²) in [6, 6.07) is 7.47. The molecular formula is C13H13BrN2O2. The minimum atomic E-state index is 0.354. The van der Waals surface area contributed by atoms with Crippen molar-refractivity contribution in [2.75, 3.05) is 7.11 Å². The van der Waals surface area contributed by atoms with E-state index in [1.807, 2.05) is 18.2 Å². The van der Waals surface area contributed by atoms with E-state index in [0.717, 1.165) is 17.1 Å². The Morgan fingerprint density at radius 2 is 2.00 bits per heavy atom. The maximum atomic E-state index is 5.70. The molecule has 0 spiro atoms. The first-order valence-electron chi connectivity index (χ1n) is 5.45. The second-order valence-corrected chi connectivity index (χ2v) is 4.12. The van der Waals surface area contributed by atoms with Crippen LogP contribution in [0.3, 0.4) is 0 Å². The number of benzene rings is 1. The quantitative estimate of drug-likeness (QED) is 0.797. The van der Waals surface area contributed by atoms with Crippen LogP contribution in [0.25, 0.3) is 0 Å². The summed E-state index contributed by atoms with van der Waals surface area (Å²) < 4.78 is 10.9. The van der Waals surface area contributed by atoms with Gasteiger partial charge in [-0.15, -0.1) is 0 Å². The summed E-state index contributed by atoms with van der Waals surface area (Å²) >= 11 is 3.43. The first-order chi connectivity index (χ1) is 8.83. The van der Waals surface area contributed by atoms with E-state index >= 15 is 0 Å². The standard InChI is InChI=1S/C13H13BrN2O2/c1-17-11-3-4-12(10(7-11)8-14)18-9-13-15-5-2-6-16-13/h2-7H,8-9H2,1H3. The van der Waals surface area contributed by atoms with Gasteiger partial charge in [-0.25, -0.2) is 9.97 Å². The van der Waals surface area contributed by atoms with E-state index in [9.17, 15) is 0 Å². The monoisotopic (exact) mass is 308 g/mol. The fourth-order valence-electron chi connectivity index (χ4n) is 1.47. The van der Waals surface area contributed by atoms with Gasteiger partial charge in [-0.3, -0.25) is 0 Å². The van der Waals surface area contributed by atoms with Crippen molar-refractivity contribution in [2.24, 2.45) is 0 Å². The number of halogens is 1. The summed E-state index contributed by atoms with van der Waals surface area (Å²) in [4.78, 5) is 8.22. The SMILES string of the molecule is COc1ccc(OCc2ncccn2)c(CBr)c1. The molecule has 94 valence electrons. The molecule has 0 fully saturated rings. The van der Waals surface area contributed by atoms with Gasteiger partial charge in [0.2, 0.25) is 0 Å². The highest BCUT2D eigenvalue weighted by Crippen LogP contribution is 2.26. The van der Waals surface area contributed by atoms with Gasteiger partial charge in [-0.1, -0.05) is 15.9 Å². The van der Waals surface area contributed by atoms with Crippen molar-refractivity contribution in [2.45, 2.75) is 11.9 Å². The molecule has 2 rings (SSSR count). The lowest BCUT2D eigenvalue weighted by molar-refractivity contribution is 0.293. The molecule has 4 nitrogen and oxygen atoms in total. The zero-order valence-corrected chi connectivity index (χ0v) is 11.6. The molecule has 0 atom stereocenters. The van der Waals surface area contributed by atoms with E-state index in [-0.39, 0.29) is 0 Å². The maximum Gasteiger partial charge on any atom is 0.166 e. The molecule has 0 saturated heterocycles. The van der Waals surface area contributed by atoms with Crippen molar-refractivity contribution in [3.63, 3.8) is 0 Å². The highest BCUT2D eigenvalue weighted by atomic mass is 79.9. The Balaban J connectivity index is 2.09. The van der Waals surface area contributed by atoms with Crippen LogP contribution in [0.15, 0.2) is 36.7 Å². The van der Waals surface area contributed by atoms with Crippen molar-refractivity contribution in [1.29, 1.82) is 0 Å². The molecule has 18 heavy (non-hydrogen) atoms. The van der Waals surface area contributed by atoms with Gasteiger partial charge >= 0.3 is 0 Å². The number of hydrogen-bond acceptors (Lipinski definition) is 4. The molecule has 0 aliphatic heterocycles. The van der Waals surface area contributed by atoms with E-state index in [1.165, 1.54) is 0 Å². The lowest BCUT2D eigenvalue weighted by Gasteiger charge is -2.10. The van der Waals surface area contributed by atoms with Crippen LogP contribution in [0, 0.1) is 0 Å². The average Bonchev–Trinajstić information content (AvgIpc) is 2.46. The number of methoxy groups -OCH3 is 1. The lowest BCUT2D eigenvalue weighted by Crippen LogP contribution is -2.02. The highest BCUT2D eigenvalue weighted by Gasteiger charge is 2.05. The zero-order chi connectivity index (χ0) is 12.8. The summed E-state index contributed by atoms with van der Waals surface area (Å²) in [6.07, 6.45) is 3.40. The number of aromatic nitrogens is 2. The molecule has 0 radical (unpaired) electrons. The molecule has 5 heteroatoms. The third kappa shape index (κ3) is 3.20. The summed E-state index contributed by atoms with van der Waals surface area (Å²) in [5.41, 5.74) is 1.03. The van der Waals surface area contributed by atoms with E-state index in [2.05, 4.69) is 25.9 Å². The van der Waals surface area contributed by atoms with Gasteiger partial charge in [-0.05, 0) is 24.3 Å². The molecule has 2 aromatic rings. The third-order valence-corrected chi connectivity index (χ3v) is 2.99. The fourth-order valence-corrected chi connectivity index (χ4v) is 1.91. The van der Waals surface area contributed by atoms with Gasteiger partial charge < -0.3 is 9.47 Å². The Hall–Kier alpha value is -1.62. The van der Waals surface area contributed by atoms with E-state index in [1.54, 1.807) is 25.6 Å². The van der Waals surface area contributed by atoms with Gasteiger partial charge in [-0.2, -0.15) is 0 Å². The number of ether oxygens (including phenoxy) is 2. The molecule has 1 heterocycles. The predicted molar refractivity (Wildman–Crippen MR) is 72.0 cm³/mol. The first-order valence-corrected chi connectivity index (χ1v) is 6.57. The Bertz CT molecular complexity index is 506. The molecule has 0 amide bonds. The Kier molecular flexibility index (Phi) is 4.52. The van der Waals surface area contributed by atoms with E-state index < -0.39 is 0 Å². The lowest BCUT2D eigenvalue weighted by atomic mass is 10.2. The smallest absolute Gasteiger partial charge is 0.166 e. The Morgan fingerprint density at radius 3 is 2.67 bits per heavy atom. The zero-order valence-electron chi connectivity index (χ0n) is 9.97. The molecular weight excluding hydrogens is 296 g/mol. The number of nitrogens with zero attached hydrogens (tertiary/aromatic N) is 2. The van der Waals surface area contributed by atoms with Crippen LogP contribution in [0.2, 0.25) is 0 Å². The summed E-state index contributed by atoms with van der Waals surface area (Å²) in [6.45, 7) is 0.354. The topological polar surface area (TPSA) is 44.2 Å². The minimum absolute atomic E-state index is 0.354. The maximum absolute atomic E-state index is 5.70. The molecule has 0 aliphatic carbocycles. The second-order valence-electron chi connectivity index (χ2n) is 3.56. The minimum Gasteiger partial charge on any atom is -0.497 e. The predicted octanol–water partition coefficient (Wildman–Crippen LogP) is 2.96. The van der Waals surface area contributed by atoms with Gasteiger partial charge in [0.1, 0.15) is 18.1 Å². The van der Waals surface area contributed by atoms with Gasteiger partial charge in [0.15, 0.2) is 5.82 Å². The third-order valence-electron chi connectivity index (χ3n) is 2.39. The molecule has 1 aromatic carbocycles. The molecule has 0 bridgehead atoms. The average molecular weight is 309 g/mol. The van der Waals surface area contributed by atoms with Crippen molar-refractivity contribution in [1.82, 2.24) is 9.97 Å². The van der Waals surface area contributed by atoms with Crippen LogP contribution in [0.5, 0.6) is 11.5 Å². The van der Waals surface area contributed by atoms with Gasteiger partial charge in [0, 0.05) is 23.3 Å². The van der Waals surface area contributed by atoms with Crippen molar-refractivity contribution in [3.8, 4) is 11.5 Å². The van der Waals surface area contributed by atoms with Crippen LogP contribution < -0.4 is 9.47 Å². The van der Waals surface area contributed by atoms with Crippen molar-refractivity contribution < 1.29 is 9.47 Å². The summed E-state index contributed by atoms with van der Waals surface area (Å²) in [5.74, 6) is 2.28. The second kappa shape index (κ2) is 6.35. The van der Waals surface area contributed by atoms with Crippen LogP contribution in [0.4, 0.5) is 0 Å². The Morgan fingerprint density at radius 1 is 1.22 bits per heavy atom. The molecule has 0 unspecified atom stereocenters. The fraction of sp³-hybridized carbons (Fsp3) is 0.231. The normalized spacial score (nSPS) is 10.1. The summed E-state index contributed by atoms with van der Waals surface area (Å²) in [5, 5.41) is 0.704. The first kappa shape index (κ1) is 12.8. The molecule has 1 aromatic heterocycles. The number of alkyl halides is 1. The van der Waals surface area contributed by atoms with Gasteiger partial charge in [0.25, 0.3) is 0 Å². The van der Waals surface area contributed by atoms with E-state index in [4.69, 9.17) is 9.47 Å². The van der Waals surface area contributed by atoms with Gasteiger partial charge in [0.05, 0.1) is 7.11 Å². The van der Waals surface area contributed by atoms with Crippen LogP contribution in [0.1, 0.15) is 11.4 Å². The summed E-state index contributed by atoms with van der Waals surface area (Å²) in [7, 11) is 1.64. The largest absolute Gasteiger partial charge is 0.497 e. The van der Waals surface area contributed by atoms with E-state index in [0.29, 0.717) is 17.8 Å². The number of rotatable bonds is 5. The van der Waals surface area contributed by atoms with Crippen molar-refractivity contribution in [3.05, 3.63) is 48.0 Å². The van der Waals surface area contributed by atoms with Crippen LogP contribution >= 0.6 is 15.9 Å². The molecule has 0 saturated carbocycles. The molecule has 0 N–H and O–H groups in total. The molecule has 0 aliphatic rings. The van der Waals surface area contributed by atoms with Crippen LogP contribution in [-0.4, -0.2) is 17.1 Å². The Labute approximate surface area is 114 Å². The van der Waals surface area contributed by atoms with Crippen molar-refractivity contribution >= 4 is 15.9 Å². The highest BCUT2D eigenvalue weighted by molar-refractivity contribution is 9.08. The number of hydrogen-bond donors (Lipinski definition) is 0. The van der Waals surface area contributed by atoms with Crippen LogP contribution in [-0.2, 0) is 11.9 Å².